The van der Waals surface area contributed by atoms with E-state index in [1.807, 2.05) is 19.1 Å². The van der Waals surface area contributed by atoms with E-state index in [0.29, 0.717) is 17.9 Å². The van der Waals surface area contributed by atoms with Gasteiger partial charge >= 0.3 is 0 Å². The van der Waals surface area contributed by atoms with Crippen molar-refractivity contribution >= 4 is 15.7 Å². The molecule has 0 bridgehead atoms. The number of ether oxygens (including phenoxy) is 2. The van der Waals surface area contributed by atoms with Gasteiger partial charge < -0.3 is 14.8 Å². The van der Waals surface area contributed by atoms with Gasteiger partial charge in [-0.05, 0) is 38.0 Å². The maximum atomic E-state index is 12.0. The summed E-state index contributed by atoms with van der Waals surface area (Å²) in [4.78, 5) is 12.0. The van der Waals surface area contributed by atoms with E-state index in [1.54, 1.807) is 20.1 Å². The Morgan fingerprint density at radius 1 is 1.35 bits per heavy atom. The fourth-order valence-electron chi connectivity index (χ4n) is 2.66. The lowest BCUT2D eigenvalue weighted by molar-refractivity contribution is -0.123. The molecule has 1 aromatic rings. The average molecular weight is 341 g/mol. The summed E-state index contributed by atoms with van der Waals surface area (Å²) < 4.78 is 33.9. The van der Waals surface area contributed by atoms with Crippen molar-refractivity contribution in [2.75, 3.05) is 25.2 Å². The lowest BCUT2D eigenvalue weighted by Gasteiger charge is -2.23. The lowest BCUT2D eigenvalue weighted by Crippen LogP contribution is -2.47. The molecule has 2 rings (SSSR count). The smallest absolute Gasteiger partial charge is 0.223 e. The summed E-state index contributed by atoms with van der Waals surface area (Å²) in [5.74, 6) is 1.12. The SMILES string of the molecule is COc1cc(C)ccc1OCCC(=O)N[C@]1(C)CCS(=O)(=O)C1. The van der Waals surface area contributed by atoms with Crippen LogP contribution in [0.1, 0.15) is 25.3 Å². The highest BCUT2D eigenvalue weighted by atomic mass is 32.2. The van der Waals surface area contributed by atoms with E-state index in [-0.39, 0.29) is 30.4 Å². The van der Waals surface area contributed by atoms with Crippen molar-refractivity contribution in [2.45, 2.75) is 32.2 Å². The Morgan fingerprint density at radius 3 is 2.70 bits per heavy atom. The monoisotopic (exact) mass is 341 g/mol. The largest absolute Gasteiger partial charge is 0.493 e. The van der Waals surface area contributed by atoms with Crippen molar-refractivity contribution < 1.29 is 22.7 Å². The van der Waals surface area contributed by atoms with Crippen molar-refractivity contribution in [2.24, 2.45) is 0 Å². The number of aryl methyl sites for hydroxylation is 1. The topological polar surface area (TPSA) is 81.7 Å². The molecule has 0 spiro atoms. The van der Waals surface area contributed by atoms with Gasteiger partial charge in [0.05, 0.1) is 37.2 Å². The number of carbonyl (C=O) groups is 1. The molecular formula is C16H23NO5S. The first kappa shape index (κ1) is 17.6. The Morgan fingerprint density at radius 2 is 2.09 bits per heavy atom. The van der Waals surface area contributed by atoms with Crippen molar-refractivity contribution in [3.8, 4) is 11.5 Å². The van der Waals surface area contributed by atoms with Gasteiger partial charge in [0.25, 0.3) is 0 Å². The number of benzene rings is 1. The molecule has 1 N–H and O–H groups in total. The van der Waals surface area contributed by atoms with Crippen molar-refractivity contribution in [1.82, 2.24) is 5.32 Å². The minimum atomic E-state index is -3.04. The van der Waals surface area contributed by atoms with Crippen LogP contribution in [0.5, 0.6) is 11.5 Å². The Kier molecular flexibility index (Phi) is 5.19. The van der Waals surface area contributed by atoms with Gasteiger partial charge in [-0.3, -0.25) is 4.79 Å². The van der Waals surface area contributed by atoms with Gasteiger partial charge in [0, 0.05) is 0 Å². The van der Waals surface area contributed by atoms with Crippen LogP contribution < -0.4 is 14.8 Å². The minimum absolute atomic E-state index is 0.00161. The Labute approximate surface area is 137 Å². The van der Waals surface area contributed by atoms with Crippen molar-refractivity contribution in [3.05, 3.63) is 23.8 Å². The molecule has 1 saturated heterocycles. The highest BCUT2D eigenvalue weighted by Crippen LogP contribution is 2.28. The lowest BCUT2D eigenvalue weighted by atomic mass is 10.0. The third-order valence-electron chi connectivity index (χ3n) is 3.85. The second-order valence-electron chi connectivity index (χ2n) is 6.20. The standard InChI is InChI=1S/C16H23NO5S/c1-12-4-5-13(14(10-12)21-3)22-8-6-15(18)17-16(2)7-9-23(19,20)11-16/h4-5,10H,6-9,11H2,1-3H3,(H,17,18)/t16-/m1/s1. The molecule has 0 saturated carbocycles. The summed E-state index contributed by atoms with van der Waals surface area (Å²) in [7, 11) is -1.47. The van der Waals surface area contributed by atoms with Gasteiger partial charge in [-0.1, -0.05) is 6.07 Å². The highest BCUT2D eigenvalue weighted by molar-refractivity contribution is 7.91. The molecule has 0 aliphatic carbocycles. The number of hydrogen-bond donors (Lipinski definition) is 1. The maximum absolute atomic E-state index is 12.0. The predicted octanol–water partition coefficient (Wildman–Crippen LogP) is 1.47. The van der Waals surface area contributed by atoms with Gasteiger partial charge in [-0.2, -0.15) is 0 Å². The Balaban J connectivity index is 1.84. The summed E-state index contributed by atoms with van der Waals surface area (Å²) in [6.45, 7) is 3.92. The fraction of sp³-hybridized carbons (Fsp3) is 0.562. The van der Waals surface area contributed by atoms with Crippen LogP contribution in [0.15, 0.2) is 18.2 Å². The number of amides is 1. The number of methoxy groups -OCH3 is 1. The summed E-state index contributed by atoms with van der Waals surface area (Å²) in [5.41, 5.74) is 0.389. The van der Waals surface area contributed by atoms with Crippen LogP contribution in [-0.4, -0.2) is 45.1 Å². The third-order valence-corrected chi connectivity index (χ3v) is 5.75. The molecule has 1 heterocycles. The number of rotatable bonds is 6. The van der Waals surface area contributed by atoms with Crippen LogP contribution in [0.2, 0.25) is 0 Å². The van der Waals surface area contributed by atoms with Crippen LogP contribution in [0, 0.1) is 6.92 Å². The molecule has 1 amide bonds. The van der Waals surface area contributed by atoms with Crippen LogP contribution in [0.3, 0.4) is 0 Å². The first-order chi connectivity index (χ1) is 10.7. The maximum Gasteiger partial charge on any atom is 0.223 e. The Hall–Kier alpha value is -1.76. The molecule has 6 nitrogen and oxygen atoms in total. The minimum Gasteiger partial charge on any atom is -0.493 e. The van der Waals surface area contributed by atoms with E-state index in [9.17, 15) is 13.2 Å². The van der Waals surface area contributed by atoms with Crippen LogP contribution in [0.4, 0.5) is 0 Å². The molecule has 0 unspecified atom stereocenters. The van der Waals surface area contributed by atoms with E-state index < -0.39 is 15.4 Å². The quantitative estimate of drug-likeness (QED) is 0.847. The second-order valence-corrected chi connectivity index (χ2v) is 8.39. The molecule has 1 aromatic carbocycles. The average Bonchev–Trinajstić information content (AvgIpc) is 2.73. The molecule has 23 heavy (non-hydrogen) atoms. The zero-order valence-corrected chi connectivity index (χ0v) is 14.5. The third kappa shape index (κ3) is 4.86. The van der Waals surface area contributed by atoms with Gasteiger partial charge in [-0.15, -0.1) is 0 Å². The number of nitrogens with one attached hydrogen (secondary N) is 1. The summed E-state index contributed by atoms with van der Waals surface area (Å²) in [5, 5.41) is 2.81. The van der Waals surface area contributed by atoms with E-state index in [2.05, 4.69) is 5.32 Å². The van der Waals surface area contributed by atoms with Crippen molar-refractivity contribution in [3.63, 3.8) is 0 Å². The molecule has 0 aromatic heterocycles. The molecule has 1 atom stereocenters. The first-order valence-corrected chi connectivity index (χ1v) is 9.34. The van der Waals surface area contributed by atoms with Crippen LogP contribution in [0.25, 0.3) is 0 Å². The highest BCUT2D eigenvalue weighted by Gasteiger charge is 2.39. The molecule has 1 aliphatic rings. The van der Waals surface area contributed by atoms with Crippen molar-refractivity contribution in [1.29, 1.82) is 0 Å². The zero-order valence-electron chi connectivity index (χ0n) is 13.7. The molecule has 7 heteroatoms. The van der Waals surface area contributed by atoms with Gasteiger partial charge in [0.1, 0.15) is 0 Å². The molecular weight excluding hydrogens is 318 g/mol. The zero-order chi connectivity index (χ0) is 17.1. The van der Waals surface area contributed by atoms with Crippen LogP contribution in [-0.2, 0) is 14.6 Å². The molecule has 1 aliphatic heterocycles. The van der Waals surface area contributed by atoms with E-state index in [1.165, 1.54) is 0 Å². The van der Waals surface area contributed by atoms with E-state index >= 15 is 0 Å². The van der Waals surface area contributed by atoms with Gasteiger partial charge in [0.2, 0.25) is 5.91 Å². The van der Waals surface area contributed by atoms with E-state index in [4.69, 9.17) is 9.47 Å². The summed E-state index contributed by atoms with van der Waals surface area (Å²) in [6, 6.07) is 5.57. The van der Waals surface area contributed by atoms with E-state index in [0.717, 1.165) is 5.56 Å². The predicted molar refractivity (Wildman–Crippen MR) is 87.7 cm³/mol. The number of carbonyl (C=O) groups excluding carboxylic acids is 1. The van der Waals surface area contributed by atoms with Gasteiger partial charge in [0.15, 0.2) is 21.3 Å². The summed E-state index contributed by atoms with van der Waals surface area (Å²) >= 11 is 0. The number of sulfone groups is 1. The normalized spacial score (nSPS) is 22.6. The summed E-state index contributed by atoms with van der Waals surface area (Å²) in [6.07, 6.45) is 0.611. The second kappa shape index (κ2) is 6.78. The van der Waals surface area contributed by atoms with Crippen LogP contribution >= 0.6 is 0 Å². The Bertz CT molecular complexity index is 686. The fourth-order valence-corrected chi connectivity index (χ4v) is 4.75. The molecule has 1 fully saturated rings. The first-order valence-electron chi connectivity index (χ1n) is 7.52. The molecule has 0 radical (unpaired) electrons. The number of hydrogen-bond acceptors (Lipinski definition) is 5. The molecule has 128 valence electrons. The van der Waals surface area contributed by atoms with Gasteiger partial charge in [-0.25, -0.2) is 8.42 Å².